The normalized spacial score (nSPS) is 37.6. The maximum absolute atomic E-state index is 12.5. The van der Waals surface area contributed by atoms with E-state index in [1.54, 1.807) is 19.2 Å². The maximum atomic E-state index is 12.5. The Hall–Kier alpha value is -1.14. The van der Waals surface area contributed by atoms with Crippen LogP contribution in [0.1, 0.15) is 29.6 Å². The maximum Gasteiger partial charge on any atom is 0.252 e. The number of methoxy groups -OCH3 is 1. The summed E-state index contributed by atoms with van der Waals surface area (Å²) in [5.74, 6) is -0.197. The molecule has 3 N–H and O–H groups in total. The number of rotatable bonds is 3. The Labute approximate surface area is 135 Å². The van der Waals surface area contributed by atoms with E-state index in [1.165, 1.54) is 0 Å². The number of alkyl halides is 1. The third-order valence-electron chi connectivity index (χ3n) is 4.82. The average Bonchev–Trinajstić information content (AvgIpc) is 2.52. The van der Waals surface area contributed by atoms with Crippen molar-refractivity contribution in [1.29, 1.82) is 0 Å². The first-order valence-corrected chi connectivity index (χ1v) is 7.97. The van der Waals surface area contributed by atoms with Gasteiger partial charge in [0, 0.05) is 32.2 Å². The fourth-order valence-corrected chi connectivity index (χ4v) is 3.91. The third kappa shape index (κ3) is 2.63. The van der Waals surface area contributed by atoms with Gasteiger partial charge in [-0.05, 0) is 25.0 Å². The van der Waals surface area contributed by atoms with E-state index in [4.69, 9.17) is 22.1 Å². The second-order valence-electron chi connectivity index (χ2n) is 6.23. The zero-order valence-corrected chi connectivity index (χ0v) is 13.5. The van der Waals surface area contributed by atoms with Crippen LogP contribution in [0.3, 0.4) is 0 Å². The van der Waals surface area contributed by atoms with Gasteiger partial charge in [0.15, 0.2) is 0 Å². The highest BCUT2D eigenvalue weighted by molar-refractivity contribution is 6.25. The summed E-state index contributed by atoms with van der Waals surface area (Å²) >= 11 is 6.83. The lowest BCUT2D eigenvalue weighted by atomic mass is 9.78. The summed E-state index contributed by atoms with van der Waals surface area (Å²) in [5.41, 5.74) is 6.17. The first-order chi connectivity index (χ1) is 10.5. The third-order valence-corrected chi connectivity index (χ3v) is 5.47. The number of piperidine rings is 2. The van der Waals surface area contributed by atoms with Gasteiger partial charge in [0.1, 0.15) is 11.9 Å². The Bertz CT molecular complexity index is 556. The van der Waals surface area contributed by atoms with Gasteiger partial charge < -0.3 is 15.8 Å². The lowest BCUT2D eigenvalue weighted by Gasteiger charge is -2.56. The Morgan fingerprint density at radius 1 is 1.45 bits per heavy atom. The van der Waals surface area contributed by atoms with Crippen molar-refractivity contribution in [3.05, 3.63) is 35.9 Å². The van der Waals surface area contributed by atoms with E-state index < -0.39 is 10.5 Å². The molecule has 2 saturated heterocycles. The number of fused-ring (bicyclic) bond motifs is 2. The van der Waals surface area contributed by atoms with Crippen molar-refractivity contribution >= 4 is 17.5 Å². The number of carbonyl (C=O) groups is 1. The zero-order chi connectivity index (χ0) is 15.8. The van der Waals surface area contributed by atoms with Gasteiger partial charge in [-0.25, -0.2) is 0 Å². The number of ether oxygens (including phenoxy) is 1. The number of hydrogen-bond donors (Lipinski definition) is 2. The highest BCUT2D eigenvalue weighted by atomic mass is 35.5. The van der Waals surface area contributed by atoms with E-state index in [0.717, 1.165) is 19.4 Å². The first-order valence-electron chi connectivity index (χ1n) is 7.60. The quantitative estimate of drug-likeness (QED) is 0.654. The minimum Gasteiger partial charge on any atom is -0.366 e. The van der Waals surface area contributed by atoms with E-state index in [0.29, 0.717) is 18.5 Å². The van der Waals surface area contributed by atoms with Crippen LogP contribution in [0.4, 0.5) is 0 Å². The van der Waals surface area contributed by atoms with Gasteiger partial charge in [0.2, 0.25) is 0 Å². The molecule has 0 aromatic heterocycles. The summed E-state index contributed by atoms with van der Waals surface area (Å²) in [6, 6.07) is 9.07. The number of halogens is 1. The van der Waals surface area contributed by atoms with Crippen molar-refractivity contribution in [2.24, 2.45) is 5.73 Å². The molecule has 4 unspecified atom stereocenters. The molecule has 1 aromatic carbocycles. The van der Waals surface area contributed by atoms with Crippen LogP contribution in [-0.2, 0) is 4.74 Å². The Morgan fingerprint density at radius 3 is 2.86 bits per heavy atom. The number of amides is 1. The molecule has 120 valence electrons. The number of nitrogens with zero attached hydrogens (tertiary/aromatic N) is 1. The molecule has 1 amide bonds. The molecule has 3 rings (SSSR count). The van der Waals surface area contributed by atoms with E-state index in [9.17, 15) is 4.79 Å². The molecule has 2 fully saturated rings. The van der Waals surface area contributed by atoms with Gasteiger partial charge in [-0.1, -0.05) is 18.2 Å². The second kappa shape index (κ2) is 5.81. The molecule has 22 heavy (non-hydrogen) atoms. The minimum atomic E-state index is -0.987. The molecule has 0 spiro atoms. The molecule has 2 bridgehead atoms. The molecule has 0 aliphatic carbocycles. The Kier molecular flexibility index (Phi) is 4.16. The summed E-state index contributed by atoms with van der Waals surface area (Å²) in [4.78, 5) is 14.1. The van der Waals surface area contributed by atoms with E-state index >= 15 is 0 Å². The summed E-state index contributed by atoms with van der Waals surface area (Å²) < 4.78 is 5.54. The summed E-state index contributed by atoms with van der Waals surface area (Å²) in [7, 11) is 1.67. The number of carbonyl (C=O) groups excluding carboxylic acids is 1. The van der Waals surface area contributed by atoms with Gasteiger partial charge in [-0.15, -0.1) is 11.6 Å². The molecule has 4 atom stereocenters. The molecule has 0 radical (unpaired) electrons. The highest BCUT2D eigenvalue weighted by Crippen LogP contribution is 2.43. The van der Waals surface area contributed by atoms with Crippen molar-refractivity contribution < 1.29 is 9.53 Å². The molecule has 6 heteroatoms. The monoisotopic (exact) mass is 323 g/mol. The zero-order valence-electron chi connectivity index (χ0n) is 12.7. The number of benzene rings is 1. The van der Waals surface area contributed by atoms with Crippen LogP contribution in [0.15, 0.2) is 30.3 Å². The number of hydrogen-bond acceptors (Lipinski definition) is 4. The van der Waals surface area contributed by atoms with Crippen LogP contribution < -0.4 is 11.1 Å². The Morgan fingerprint density at radius 2 is 2.18 bits per heavy atom. The van der Waals surface area contributed by atoms with Crippen molar-refractivity contribution in [1.82, 2.24) is 10.2 Å². The molecule has 0 saturated carbocycles. The minimum absolute atomic E-state index is 0.117. The van der Waals surface area contributed by atoms with E-state index in [-0.39, 0.29) is 12.1 Å². The lowest BCUT2D eigenvalue weighted by Crippen LogP contribution is -2.77. The second-order valence-corrected chi connectivity index (χ2v) is 6.95. The van der Waals surface area contributed by atoms with Gasteiger partial charge >= 0.3 is 0 Å². The van der Waals surface area contributed by atoms with Crippen LogP contribution in [0.2, 0.25) is 0 Å². The summed E-state index contributed by atoms with van der Waals surface area (Å²) in [6.45, 7) is 1.58. The predicted molar refractivity (Wildman–Crippen MR) is 85.6 cm³/mol. The Balaban J connectivity index is 1.84. The molecular formula is C16H22ClN3O2. The smallest absolute Gasteiger partial charge is 0.252 e. The van der Waals surface area contributed by atoms with Crippen LogP contribution in [-0.4, -0.2) is 47.8 Å². The van der Waals surface area contributed by atoms with E-state index in [1.807, 2.05) is 18.2 Å². The molecule has 2 heterocycles. The summed E-state index contributed by atoms with van der Waals surface area (Å²) in [6.07, 6.45) is 2.09. The fourth-order valence-electron chi connectivity index (χ4n) is 3.50. The molecule has 1 aromatic rings. The lowest BCUT2D eigenvalue weighted by molar-refractivity contribution is -0.110. The van der Waals surface area contributed by atoms with Crippen molar-refractivity contribution in [3.63, 3.8) is 0 Å². The molecule has 2 aliphatic heterocycles. The van der Waals surface area contributed by atoms with Crippen LogP contribution in [0.25, 0.3) is 0 Å². The molecule has 5 nitrogen and oxygen atoms in total. The topological polar surface area (TPSA) is 67.6 Å². The largest absolute Gasteiger partial charge is 0.366 e. The van der Waals surface area contributed by atoms with Gasteiger partial charge in [0.25, 0.3) is 5.91 Å². The predicted octanol–water partition coefficient (Wildman–Crippen LogP) is 1.52. The van der Waals surface area contributed by atoms with Gasteiger partial charge in [-0.3, -0.25) is 9.69 Å². The summed E-state index contributed by atoms with van der Waals surface area (Å²) in [5, 5.41) is 2.97. The van der Waals surface area contributed by atoms with Crippen LogP contribution >= 0.6 is 11.6 Å². The first kappa shape index (κ1) is 15.7. The van der Waals surface area contributed by atoms with Crippen molar-refractivity contribution in [2.45, 2.75) is 36.0 Å². The highest BCUT2D eigenvalue weighted by Gasteiger charge is 2.56. The fraction of sp³-hybridized carbons (Fsp3) is 0.562. The van der Waals surface area contributed by atoms with Gasteiger partial charge in [-0.2, -0.15) is 0 Å². The van der Waals surface area contributed by atoms with E-state index in [2.05, 4.69) is 10.2 Å². The van der Waals surface area contributed by atoms with Gasteiger partial charge in [0.05, 0.1) is 4.87 Å². The van der Waals surface area contributed by atoms with Crippen LogP contribution in [0, 0.1) is 0 Å². The number of nitrogens with one attached hydrogen (secondary N) is 1. The SMILES string of the molecule is COC1CC(N)(NC(=O)c2ccccc2)C2(Cl)CCCN1C2. The standard InChI is InChI=1S/C16H22ClN3O2/c1-22-13-10-16(18,15(17)8-5-9-20(13)11-15)19-14(21)12-6-3-2-4-7-12/h2-4,6-7,13H,5,8-11,18H2,1H3,(H,19,21). The van der Waals surface area contributed by atoms with Crippen molar-refractivity contribution in [2.75, 3.05) is 20.2 Å². The molecular weight excluding hydrogens is 302 g/mol. The average molecular weight is 324 g/mol. The molecule has 2 aliphatic rings. The number of nitrogens with two attached hydrogens (primary N) is 1. The van der Waals surface area contributed by atoms with Crippen LogP contribution in [0.5, 0.6) is 0 Å². The van der Waals surface area contributed by atoms with Crippen molar-refractivity contribution in [3.8, 4) is 0 Å².